The normalized spacial score (nSPS) is 10.5. The van der Waals surface area contributed by atoms with Gasteiger partial charge in [0.1, 0.15) is 6.33 Å². The maximum Gasteiger partial charge on any atom is 0.260 e. The summed E-state index contributed by atoms with van der Waals surface area (Å²) in [6.07, 6.45) is 1.47. The van der Waals surface area contributed by atoms with Gasteiger partial charge >= 0.3 is 0 Å². The number of benzene rings is 2. The fourth-order valence-electron chi connectivity index (χ4n) is 2.35. The lowest BCUT2D eigenvalue weighted by atomic mass is 10.1. The molecular weight excluding hydrogens is 358 g/mol. The fraction of sp³-hybridized carbons (Fsp3) is 0.125. The van der Waals surface area contributed by atoms with Crippen LogP contribution in [0.5, 0.6) is 0 Å². The molecule has 6 nitrogen and oxygen atoms in total. The summed E-state index contributed by atoms with van der Waals surface area (Å²) in [4.78, 5) is 14.8. The number of amides is 1. The Morgan fingerprint density at radius 3 is 2.65 bits per heavy atom. The molecule has 0 fully saturated rings. The van der Waals surface area contributed by atoms with Gasteiger partial charge in [-0.25, -0.2) is 0 Å². The number of hydrogen-bond acceptors (Lipinski definition) is 4. The lowest BCUT2D eigenvalue weighted by Gasteiger charge is -2.22. The minimum Gasteiger partial charge on any atom is -0.309 e. The van der Waals surface area contributed by atoms with E-state index in [2.05, 4.69) is 31.5 Å². The largest absolute Gasteiger partial charge is 0.309 e. The highest BCUT2D eigenvalue weighted by atomic mass is 79.9. The molecule has 1 heterocycles. The zero-order valence-electron chi connectivity index (χ0n) is 12.4. The first-order valence-electron chi connectivity index (χ1n) is 7.10. The first-order valence-corrected chi connectivity index (χ1v) is 7.90. The second-order valence-electron chi connectivity index (χ2n) is 4.80. The van der Waals surface area contributed by atoms with E-state index in [1.54, 1.807) is 11.0 Å². The van der Waals surface area contributed by atoms with Crippen molar-refractivity contribution in [1.29, 1.82) is 0 Å². The molecule has 0 atom stereocenters. The van der Waals surface area contributed by atoms with Crippen LogP contribution >= 0.6 is 15.9 Å². The van der Waals surface area contributed by atoms with E-state index in [1.165, 1.54) is 11.0 Å². The summed E-state index contributed by atoms with van der Waals surface area (Å²) < 4.78 is 2.31. The average molecular weight is 372 g/mol. The molecule has 116 valence electrons. The van der Waals surface area contributed by atoms with Gasteiger partial charge in [-0.05, 0) is 47.7 Å². The van der Waals surface area contributed by atoms with Crippen molar-refractivity contribution < 1.29 is 4.79 Å². The van der Waals surface area contributed by atoms with Crippen molar-refractivity contribution in [1.82, 2.24) is 20.2 Å². The van der Waals surface area contributed by atoms with Crippen LogP contribution in [-0.4, -0.2) is 32.7 Å². The van der Waals surface area contributed by atoms with Crippen LogP contribution in [0.4, 0.5) is 5.69 Å². The molecule has 0 saturated carbocycles. The van der Waals surface area contributed by atoms with Crippen molar-refractivity contribution >= 4 is 27.5 Å². The number of aromatic nitrogens is 4. The Bertz CT molecular complexity index is 805. The van der Waals surface area contributed by atoms with E-state index in [0.29, 0.717) is 17.8 Å². The monoisotopic (exact) mass is 371 g/mol. The third-order valence-corrected chi connectivity index (χ3v) is 3.91. The second-order valence-corrected chi connectivity index (χ2v) is 5.72. The Morgan fingerprint density at radius 1 is 1.22 bits per heavy atom. The molecule has 1 aromatic heterocycles. The van der Waals surface area contributed by atoms with E-state index in [-0.39, 0.29) is 5.91 Å². The van der Waals surface area contributed by atoms with Crippen molar-refractivity contribution in [2.45, 2.75) is 6.92 Å². The number of tetrazole rings is 1. The van der Waals surface area contributed by atoms with Crippen LogP contribution in [0.25, 0.3) is 5.69 Å². The smallest absolute Gasteiger partial charge is 0.260 e. The van der Waals surface area contributed by atoms with E-state index < -0.39 is 0 Å². The molecule has 0 aliphatic rings. The van der Waals surface area contributed by atoms with Gasteiger partial charge in [0.05, 0.1) is 11.3 Å². The maximum absolute atomic E-state index is 13.1. The van der Waals surface area contributed by atoms with Gasteiger partial charge in [-0.2, -0.15) is 4.68 Å². The number of hydrogen-bond donors (Lipinski definition) is 0. The van der Waals surface area contributed by atoms with Gasteiger partial charge in [-0.15, -0.1) is 5.10 Å². The first kappa shape index (κ1) is 15.4. The second kappa shape index (κ2) is 6.70. The summed E-state index contributed by atoms with van der Waals surface area (Å²) in [6.45, 7) is 2.50. The SMILES string of the molecule is CCN(C(=O)c1cc(Br)ccc1-n1cnnn1)c1ccccc1. The summed E-state index contributed by atoms with van der Waals surface area (Å²) in [7, 11) is 0. The molecule has 0 unspecified atom stereocenters. The molecule has 7 heteroatoms. The molecule has 0 aliphatic heterocycles. The summed E-state index contributed by atoms with van der Waals surface area (Å²) in [6, 6.07) is 15.0. The molecule has 0 spiro atoms. The summed E-state index contributed by atoms with van der Waals surface area (Å²) in [5.41, 5.74) is 2.01. The van der Waals surface area contributed by atoms with Crippen LogP contribution in [0.15, 0.2) is 59.3 Å². The topological polar surface area (TPSA) is 63.9 Å². The third-order valence-electron chi connectivity index (χ3n) is 3.41. The maximum atomic E-state index is 13.1. The van der Waals surface area contributed by atoms with Crippen LogP contribution in [0.1, 0.15) is 17.3 Å². The van der Waals surface area contributed by atoms with Crippen molar-refractivity contribution in [3.63, 3.8) is 0 Å². The summed E-state index contributed by atoms with van der Waals surface area (Å²) in [5.74, 6) is -0.106. The first-order chi connectivity index (χ1) is 11.2. The number of nitrogens with zero attached hydrogens (tertiary/aromatic N) is 5. The summed E-state index contributed by atoms with van der Waals surface area (Å²) >= 11 is 3.42. The Morgan fingerprint density at radius 2 is 2.00 bits per heavy atom. The van der Waals surface area contributed by atoms with Crippen LogP contribution in [0, 0.1) is 0 Å². The predicted octanol–water partition coefficient (Wildman–Crippen LogP) is 3.09. The zero-order chi connectivity index (χ0) is 16.2. The van der Waals surface area contributed by atoms with E-state index in [0.717, 1.165) is 10.2 Å². The van der Waals surface area contributed by atoms with Gasteiger partial charge in [-0.1, -0.05) is 34.1 Å². The van der Waals surface area contributed by atoms with Crippen LogP contribution in [0.3, 0.4) is 0 Å². The van der Waals surface area contributed by atoms with Crippen molar-refractivity contribution in [3.05, 3.63) is 64.9 Å². The molecule has 23 heavy (non-hydrogen) atoms. The van der Waals surface area contributed by atoms with Gasteiger partial charge in [-0.3, -0.25) is 4.79 Å². The zero-order valence-corrected chi connectivity index (χ0v) is 14.0. The van der Waals surface area contributed by atoms with Gasteiger partial charge < -0.3 is 4.90 Å². The Labute approximate surface area is 141 Å². The quantitative estimate of drug-likeness (QED) is 0.706. The van der Waals surface area contributed by atoms with Crippen LogP contribution in [-0.2, 0) is 0 Å². The molecule has 0 saturated heterocycles. The molecule has 3 rings (SSSR count). The molecule has 0 N–H and O–H groups in total. The lowest BCUT2D eigenvalue weighted by molar-refractivity contribution is 0.0988. The molecule has 0 bridgehead atoms. The molecule has 3 aromatic rings. The van der Waals surface area contributed by atoms with Gasteiger partial charge in [0.2, 0.25) is 0 Å². The van der Waals surface area contributed by atoms with Crippen LogP contribution in [0.2, 0.25) is 0 Å². The average Bonchev–Trinajstić information content (AvgIpc) is 3.10. The Balaban J connectivity index is 2.06. The van der Waals surface area contributed by atoms with E-state index in [9.17, 15) is 4.79 Å². The van der Waals surface area contributed by atoms with E-state index in [4.69, 9.17) is 0 Å². The Hall–Kier alpha value is -2.54. The lowest BCUT2D eigenvalue weighted by Crippen LogP contribution is -2.31. The van der Waals surface area contributed by atoms with Gasteiger partial charge in [0.25, 0.3) is 5.91 Å². The highest BCUT2D eigenvalue weighted by Gasteiger charge is 2.21. The highest BCUT2D eigenvalue weighted by molar-refractivity contribution is 9.10. The predicted molar refractivity (Wildman–Crippen MR) is 90.6 cm³/mol. The van der Waals surface area contributed by atoms with Crippen molar-refractivity contribution in [2.75, 3.05) is 11.4 Å². The molecule has 0 aliphatic carbocycles. The van der Waals surface area contributed by atoms with Gasteiger partial charge in [0, 0.05) is 16.7 Å². The minimum absolute atomic E-state index is 0.106. The summed E-state index contributed by atoms with van der Waals surface area (Å²) in [5, 5.41) is 11.2. The standard InChI is InChI=1S/C16H14BrN5O/c1-2-21(13-6-4-3-5-7-13)16(23)14-10-12(17)8-9-15(14)22-11-18-19-20-22/h3-11H,2H2,1H3. The number of halogens is 1. The fourth-order valence-corrected chi connectivity index (χ4v) is 2.71. The van der Waals surface area contributed by atoms with Gasteiger partial charge in [0.15, 0.2) is 0 Å². The number of anilines is 1. The van der Waals surface area contributed by atoms with E-state index >= 15 is 0 Å². The molecule has 2 aromatic carbocycles. The number of para-hydroxylation sites is 1. The third kappa shape index (κ3) is 3.14. The molecular formula is C16H14BrN5O. The van der Waals surface area contributed by atoms with Crippen molar-refractivity contribution in [3.8, 4) is 5.69 Å². The Kier molecular flexibility index (Phi) is 4.47. The highest BCUT2D eigenvalue weighted by Crippen LogP contribution is 2.23. The number of rotatable bonds is 4. The molecule has 1 amide bonds. The van der Waals surface area contributed by atoms with Crippen LogP contribution < -0.4 is 4.90 Å². The number of carbonyl (C=O) groups is 1. The van der Waals surface area contributed by atoms with E-state index in [1.807, 2.05) is 49.4 Å². The molecule has 0 radical (unpaired) electrons. The minimum atomic E-state index is -0.106. The van der Waals surface area contributed by atoms with Crippen molar-refractivity contribution in [2.24, 2.45) is 0 Å². The number of carbonyl (C=O) groups excluding carboxylic acids is 1.